The maximum Gasteiger partial charge on any atom is 0.335 e. The van der Waals surface area contributed by atoms with Crippen molar-refractivity contribution >= 4 is 16.9 Å². The van der Waals surface area contributed by atoms with E-state index in [1.54, 1.807) is 38.1 Å². The van der Waals surface area contributed by atoms with Crippen LogP contribution in [0.4, 0.5) is 0 Å². The molecule has 1 heterocycles. The molecule has 6 heteroatoms. The third-order valence-corrected chi connectivity index (χ3v) is 3.71. The summed E-state index contributed by atoms with van der Waals surface area (Å²) in [7, 11) is 0. The molecule has 0 amide bonds. The lowest BCUT2D eigenvalue weighted by Gasteiger charge is -2.19. The van der Waals surface area contributed by atoms with Crippen molar-refractivity contribution in [3.05, 3.63) is 64.3 Å². The van der Waals surface area contributed by atoms with Crippen LogP contribution in [0, 0.1) is 0 Å². The van der Waals surface area contributed by atoms with Gasteiger partial charge in [-0.2, -0.15) is 0 Å². The predicted molar refractivity (Wildman–Crippen MR) is 96.7 cm³/mol. The number of fused-ring (bicyclic) bond motifs is 1. The average molecular weight is 354 g/mol. The van der Waals surface area contributed by atoms with E-state index in [-0.39, 0.29) is 28.6 Å². The highest BCUT2D eigenvalue weighted by Gasteiger charge is 2.17. The van der Waals surface area contributed by atoms with Gasteiger partial charge in [-0.1, -0.05) is 12.1 Å². The molecule has 0 saturated carbocycles. The summed E-state index contributed by atoms with van der Waals surface area (Å²) in [5.41, 5.74) is -0.481. The van der Waals surface area contributed by atoms with Gasteiger partial charge in [0.1, 0.15) is 23.7 Å². The van der Waals surface area contributed by atoms with E-state index in [1.165, 1.54) is 24.3 Å². The fourth-order valence-corrected chi connectivity index (χ4v) is 2.47. The van der Waals surface area contributed by atoms with E-state index in [4.69, 9.17) is 14.3 Å². The van der Waals surface area contributed by atoms with E-state index in [9.17, 15) is 14.7 Å². The molecule has 0 unspecified atom stereocenters. The molecule has 26 heavy (non-hydrogen) atoms. The van der Waals surface area contributed by atoms with Crippen molar-refractivity contribution in [3.8, 4) is 17.1 Å². The number of aliphatic hydroxyl groups is 1. The molecule has 0 spiro atoms. The molecule has 0 fully saturated rings. The van der Waals surface area contributed by atoms with Gasteiger partial charge in [0.15, 0.2) is 5.43 Å². The summed E-state index contributed by atoms with van der Waals surface area (Å²) < 4.78 is 11.5. The molecule has 0 atom stereocenters. The number of aromatic carboxylic acids is 1. The minimum absolute atomic E-state index is 0.0199. The molecule has 0 aliphatic carbocycles. The van der Waals surface area contributed by atoms with Gasteiger partial charge in [0, 0.05) is 6.07 Å². The lowest BCUT2D eigenvalue weighted by atomic mass is 10.1. The first kappa shape index (κ1) is 17.7. The topological polar surface area (TPSA) is 97.0 Å². The Balaban J connectivity index is 2.08. The summed E-state index contributed by atoms with van der Waals surface area (Å²) in [6.45, 7) is 3.33. The second-order valence-electron chi connectivity index (χ2n) is 6.59. The van der Waals surface area contributed by atoms with Gasteiger partial charge in [-0.25, -0.2) is 4.79 Å². The Bertz CT molecular complexity index is 1030. The third-order valence-electron chi connectivity index (χ3n) is 3.71. The van der Waals surface area contributed by atoms with Gasteiger partial charge in [-0.3, -0.25) is 4.79 Å². The Hall–Kier alpha value is -3.12. The van der Waals surface area contributed by atoms with Gasteiger partial charge in [-0.15, -0.1) is 0 Å². The number of hydrogen-bond donors (Lipinski definition) is 2. The minimum atomic E-state index is -1.11. The number of carboxylic acids is 1. The summed E-state index contributed by atoms with van der Waals surface area (Å²) in [6.07, 6.45) is 0. The molecule has 3 aromatic rings. The summed E-state index contributed by atoms with van der Waals surface area (Å²) in [6, 6.07) is 12.5. The average Bonchev–Trinajstić information content (AvgIpc) is 2.59. The highest BCUT2D eigenvalue weighted by Crippen LogP contribution is 2.31. The van der Waals surface area contributed by atoms with Gasteiger partial charge >= 0.3 is 5.97 Å². The van der Waals surface area contributed by atoms with Crippen LogP contribution in [0.3, 0.4) is 0 Å². The zero-order valence-corrected chi connectivity index (χ0v) is 14.4. The van der Waals surface area contributed by atoms with Crippen LogP contribution in [-0.4, -0.2) is 28.4 Å². The van der Waals surface area contributed by atoms with Crippen molar-refractivity contribution in [2.75, 3.05) is 6.61 Å². The fourth-order valence-electron chi connectivity index (χ4n) is 2.47. The molecule has 0 radical (unpaired) electrons. The number of para-hydroxylation sites is 1. The number of rotatable bonds is 5. The summed E-state index contributed by atoms with van der Waals surface area (Å²) in [5, 5.41) is 19.1. The van der Waals surface area contributed by atoms with Crippen LogP contribution in [0.2, 0.25) is 0 Å². The van der Waals surface area contributed by atoms with Gasteiger partial charge in [0.25, 0.3) is 0 Å². The van der Waals surface area contributed by atoms with Crippen LogP contribution < -0.4 is 10.2 Å². The maximum atomic E-state index is 12.4. The van der Waals surface area contributed by atoms with E-state index in [1.807, 2.05) is 0 Å². The smallest absolute Gasteiger partial charge is 0.335 e. The first-order chi connectivity index (χ1) is 12.2. The van der Waals surface area contributed by atoms with Crippen molar-refractivity contribution in [2.45, 2.75) is 19.4 Å². The SMILES string of the molecule is CC(C)(O)COc1ccccc1-c1cc(=O)c2cc(C(=O)O)ccc2o1. The highest BCUT2D eigenvalue weighted by atomic mass is 16.5. The van der Waals surface area contributed by atoms with Gasteiger partial charge in [0.2, 0.25) is 0 Å². The lowest BCUT2D eigenvalue weighted by Crippen LogP contribution is -2.28. The normalized spacial score (nSPS) is 11.5. The molecule has 0 aliphatic rings. The highest BCUT2D eigenvalue weighted by molar-refractivity contribution is 5.93. The van der Waals surface area contributed by atoms with Crippen LogP contribution in [0.1, 0.15) is 24.2 Å². The Labute approximate surface area is 149 Å². The molecule has 2 aromatic carbocycles. The summed E-state index contributed by atoms with van der Waals surface area (Å²) in [5.74, 6) is -0.336. The van der Waals surface area contributed by atoms with Crippen molar-refractivity contribution in [3.63, 3.8) is 0 Å². The van der Waals surface area contributed by atoms with Crippen LogP contribution >= 0.6 is 0 Å². The lowest BCUT2D eigenvalue weighted by molar-refractivity contribution is 0.0286. The van der Waals surface area contributed by atoms with E-state index in [2.05, 4.69) is 0 Å². The van der Waals surface area contributed by atoms with Crippen molar-refractivity contribution in [1.29, 1.82) is 0 Å². The van der Waals surface area contributed by atoms with E-state index < -0.39 is 11.6 Å². The van der Waals surface area contributed by atoms with Crippen LogP contribution in [0.25, 0.3) is 22.3 Å². The van der Waals surface area contributed by atoms with Gasteiger partial charge in [0.05, 0.1) is 22.1 Å². The second kappa shape index (κ2) is 6.65. The quantitative estimate of drug-likeness (QED) is 0.730. The largest absolute Gasteiger partial charge is 0.490 e. The van der Waals surface area contributed by atoms with Gasteiger partial charge in [-0.05, 0) is 44.2 Å². The molecule has 0 saturated heterocycles. The molecule has 2 N–H and O–H groups in total. The zero-order chi connectivity index (χ0) is 18.9. The molecular formula is C20H18O6. The zero-order valence-electron chi connectivity index (χ0n) is 14.4. The standard InChI is InChI=1S/C20H18O6/c1-20(2,24)11-25-16-6-4-3-5-13(16)18-10-15(21)14-9-12(19(22)23)7-8-17(14)26-18/h3-10,24H,11H2,1-2H3,(H,22,23). The Kier molecular flexibility index (Phi) is 4.52. The third kappa shape index (κ3) is 3.75. The molecule has 0 aliphatic heterocycles. The number of carboxylic acid groups (broad SMARTS) is 1. The van der Waals surface area contributed by atoms with Crippen LogP contribution in [0.15, 0.2) is 57.7 Å². The minimum Gasteiger partial charge on any atom is -0.490 e. The predicted octanol–water partition coefficient (Wildman–Crippen LogP) is 3.31. The summed E-state index contributed by atoms with van der Waals surface area (Å²) in [4.78, 5) is 23.5. The first-order valence-corrected chi connectivity index (χ1v) is 8.00. The number of ether oxygens (including phenoxy) is 1. The monoisotopic (exact) mass is 354 g/mol. The summed E-state index contributed by atoms with van der Waals surface area (Å²) >= 11 is 0. The molecule has 3 rings (SSSR count). The van der Waals surface area contributed by atoms with E-state index >= 15 is 0 Å². The Morgan fingerprint density at radius 1 is 1.15 bits per heavy atom. The van der Waals surface area contributed by atoms with Crippen molar-refractivity contribution < 1.29 is 24.2 Å². The molecule has 134 valence electrons. The Morgan fingerprint density at radius 2 is 1.88 bits per heavy atom. The van der Waals surface area contributed by atoms with Crippen molar-refractivity contribution in [1.82, 2.24) is 0 Å². The van der Waals surface area contributed by atoms with E-state index in [0.29, 0.717) is 17.1 Å². The van der Waals surface area contributed by atoms with Crippen LogP contribution in [0.5, 0.6) is 5.75 Å². The Morgan fingerprint density at radius 3 is 2.58 bits per heavy atom. The van der Waals surface area contributed by atoms with Crippen LogP contribution in [-0.2, 0) is 0 Å². The van der Waals surface area contributed by atoms with Gasteiger partial charge < -0.3 is 19.4 Å². The molecule has 1 aromatic heterocycles. The number of hydrogen-bond acceptors (Lipinski definition) is 5. The fraction of sp³-hybridized carbons (Fsp3) is 0.200. The second-order valence-corrected chi connectivity index (χ2v) is 6.59. The van der Waals surface area contributed by atoms with Crippen molar-refractivity contribution in [2.24, 2.45) is 0 Å². The molecular weight excluding hydrogens is 336 g/mol. The maximum absolute atomic E-state index is 12.4. The number of carbonyl (C=O) groups is 1. The van der Waals surface area contributed by atoms with E-state index in [0.717, 1.165) is 0 Å². The number of benzene rings is 2. The first-order valence-electron chi connectivity index (χ1n) is 8.00. The molecule has 6 nitrogen and oxygen atoms in total. The molecule has 0 bridgehead atoms.